The maximum Gasteiger partial charge on any atom is 4.00 e. The van der Waals surface area contributed by atoms with Gasteiger partial charge in [-0.2, -0.15) is 11.4 Å². The van der Waals surface area contributed by atoms with Gasteiger partial charge in [-0.3, -0.25) is 0 Å². The molecule has 0 aliphatic heterocycles. The fourth-order valence-electron chi connectivity index (χ4n) is 4.03. The molecule has 0 atom stereocenters. The van der Waals surface area contributed by atoms with Gasteiger partial charge in [-0.05, 0) is 48.9 Å². The topological polar surface area (TPSA) is 92.2 Å². The zero-order valence-corrected chi connectivity index (χ0v) is 30.1. The number of benzene rings is 2. The normalized spacial score (nSPS) is 11.4. The Morgan fingerprint density at radius 3 is 1.18 bits per heavy atom. The van der Waals surface area contributed by atoms with Crippen molar-refractivity contribution in [1.29, 1.82) is 0 Å². The molecule has 39 heavy (non-hydrogen) atoms. The molecule has 0 heterocycles. The molecule has 0 N–H and O–H groups in total. The van der Waals surface area contributed by atoms with Gasteiger partial charge in [0.15, 0.2) is 0 Å². The number of hydrogen-bond donors (Lipinski definition) is 0. The van der Waals surface area contributed by atoms with E-state index in [1.807, 2.05) is 48.5 Å². The summed E-state index contributed by atoms with van der Waals surface area (Å²) in [5.41, 5.74) is -5.24. The first-order chi connectivity index (χ1) is 18.1. The second kappa shape index (κ2) is 23.4. The third-order valence-electron chi connectivity index (χ3n) is 5.96. The van der Waals surface area contributed by atoms with Gasteiger partial charge < -0.3 is 19.6 Å². The first-order valence-corrected chi connectivity index (χ1v) is 21.8. The average Bonchev–Trinajstić information content (AvgIpc) is 2.84. The van der Waals surface area contributed by atoms with Gasteiger partial charge in [-0.25, -0.2) is 0 Å². The standard InChI is InChI=1S/2C14H23O2PS2.Mo/c2*1-2-3-4-5-6-7-10-13-11-8-9-12-14(13)19-17(15,16)18;/h2*8-9,11-12H,2-7,10H2,1H3,(H2,15,16,18);/q;;+4/p-4. The summed E-state index contributed by atoms with van der Waals surface area (Å²) in [6.45, 7) is 4.42. The molecule has 0 aromatic heterocycles. The first kappa shape index (κ1) is 40.0. The summed E-state index contributed by atoms with van der Waals surface area (Å²) >= 11 is 10.6. The molecular weight excluding hydrogens is 686 g/mol. The molecule has 11 heteroatoms. The van der Waals surface area contributed by atoms with E-state index >= 15 is 0 Å². The molecule has 2 aromatic carbocycles. The summed E-state index contributed by atoms with van der Waals surface area (Å²) in [6, 6.07) is 15.3. The van der Waals surface area contributed by atoms with Gasteiger partial charge in [0, 0.05) is 9.79 Å². The van der Waals surface area contributed by atoms with E-state index in [-0.39, 0.29) is 21.1 Å². The molecule has 2 aromatic rings. The molecule has 0 spiro atoms. The van der Waals surface area contributed by atoms with Gasteiger partial charge in [0.2, 0.25) is 0 Å². The molecule has 0 radical (unpaired) electrons. The van der Waals surface area contributed by atoms with Crippen LogP contribution in [0.3, 0.4) is 0 Å². The molecule has 0 amide bonds. The largest absolute Gasteiger partial charge is 4.00 e. The van der Waals surface area contributed by atoms with E-state index in [9.17, 15) is 19.6 Å². The van der Waals surface area contributed by atoms with E-state index in [1.54, 1.807) is 0 Å². The summed E-state index contributed by atoms with van der Waals surface area (Å²) in [5.74, 6) is 0. The molecular formula is C28H42MoO4P2S4. The Morgan fingerprint density at radius 2 is 0.846 bits per heavy atom. The van der Waals surface area contributed by atoms with Crippen LogP contribution in [0, 0.1) is 0 Å². The predicted molar refractivity (Wildman–Crippen MR) is 167 cm³/mol. The maximum absolute atomic E-state index is 11.2. The monoisotopic (exact) mass is 730 g/mol. The zero-order valence-electron chi connectivity index (χ0n) is 23.1. The van der Waals surface area contributed by atoms with Crippen molar-refractivity contribution in [3.05, 3.63) is 59.7 Å². The van der Waals surface area contributed by atoms with Crippen molar-refractivity contribution in [2.24, 2.45) is 0 Å². The van der Waals surface area contributed by atoms with Gasteiger partial charge >= 0.3 is 21.1 Å². The van der Waals surface area contributed by atoms with Gasteiger partial charge in [-0.1, -0.05) is 114 Å². The van der Waals surface area contributed by atoms with E-state index in [2.05, 4.69) is 37.5 Å². The molecule has 4 nitrogen and oxygen atoms in total. The Bertz CT molecular complexity index is 922. The van der Waals surface area contributed by atoms with Crippen LogP contribution < -0.4 is 19.6 Å². The molecule has 2 rings (SSSR count). The quantitative estimate of drug-likeness (QED) is 0.0901. The smallest absolute Gasteiger partial charge is 0.824 e. The Morgan fingerprint density at radius 1 is 0.538 bits per heavy atom. The van der Waals surface area contributed by atoms with E-state index in [0.717, 1.165) is 69.4 Å². The Hall–Kier alpha value is 0.968. The van der Waals surface area contributed by atoms with Crippen LogP contribution in [0.15, 0.2) is 58.3 Å². The zero-order chi connectivity index (χ0) is 28.3. The minimum atomic E-state index is -3.72. The van der Waals surface area contributed by atoms with Crippen LogP contribution >= 0.6 is 34.2 Å². The second-order valence-corrected chi connectivity index (χ2v) is 20.6. The van der Waals surface area contributed by atoms with Crippen molar-refractivity contribution in [2.45, 2.75) is 114 Å². The third kappa shape index (κ3) is 22.2. The Labute approximate surface area is 269 Å². The van der Waals surface area contributed by atoms with Crippen LogP contribution in [-0.2, 0) is 57.5 Å². The number of rotatable bonds is 18. The van der Waals surface area contributed by atoms with Crippen LogP contribution in [0.25, 0.3) is 0 Å². The van der Waals surface area contributed by atoms with Gasteiger partial charge in [0.1, 0.15) is 0 Å². The molecule has 0 aliphatic carbocycles. The minimum Gasteiger partial charge on any atom is -0.824 e. The van der Waals surface area contributed by atoms with Gasteiger partial charge in [0.25, 0.3) is 0 Å². The van der Waals surface area contributed by atoms with Crippen molar-refractivity contribution in [3.8, 4) is 0 Å². The summed E-state index contributed by atoms with van der Waals surface area (Å²) in [6.07, 6.45) is 16.8. The number of hydrogen-bond acceptors (Lipinski definition) is 8. The van der Waals surface area contributed by atoms with Crippen molar-refractivity contribution in [1.82, 2.24) is 0 Å². The Kier molecular flexibility index (Phi) is 24.0. The first-order valence-electron chi connectivity index (χ1n) is 13.6. The average molecular weight is 729 g/mol. The Balaban J connectivity index is 0.000000722. The maximum atomic E-state index is 11.2. The molecule has 0 unspecified atom stereocenters. The van der Waals surface area contributed by atoms with E-state index in [0.29, 0.717) is 0 Å². The molecule has 0 saturated carbocycles. The molecule has 218 valence electrons. The second-order valence-electron chi connectivity index (χ2n) is 9.33. The van der Waals surface area contributed by atoms with Crippen molar-refractivity contribution >= 4 is 57.8 Å². The van der Waals surface area contributed by atoms with Crippen LogP contribution in [0.5, 0.6) is 0 Å². The van der Waals surface area contributed by atoms with Crippen LogP contribution in [0.4, 0.5) is 0 Å². The van der Waals surface area contributed by atoms with Crippen molar-refractivity contribution in [2.75, 3.05) is 0 Å². The van der Waals surface area contributed by atoms with E-state index in [1.165, 1.54) is 64.2 Å². The van der Waals surface area contributed by atoms with Crippen LogP contribution in [0.1, 0.15) is 102 Å². The summed E-state index contributed by atoms with van der Waals surface area (Å²) in [7, 11) is 0. The summed E-state index contributed by atoms with van der Waals surface area (Å²) in [4.78, 5) is 46.4. The van der Waals surface area contributed by atoms with Crippen molar-refractivity contribution in [3.63, 3.8) is 0 Å². The predicted octanol–water partition coefficient (Wildman–Crippen LogP) is 7.25. The van der Waals surface area contributed by atoms with Gasteiger partial charge in [0.05, 0.1) is 0 Å². The third-order valence-corrected chi connectivity index (χ3v) is 11.5. The summed E-state index contributed by atoms with van der Waals surface area (Å²) < 4.78 is 0. The summed E-state index contributed by atoms with van der Waals surface area (Å²) in [5, 5.41) is 0. The molecule has 0 aliphatic rings. The SMILES string of the molecule is CCCCCCCCc1ccccc1SP([O-])([O-])=S.CCCCCCCCc1ccccc1SP([O-])([O-])=S.[Mo+4]. The number of unbranched alkanes of at least 4 members (excludes halogenated alkanes) is 10. The van der Waals surface area contributed by atoms with Gasteiger partial charge in [-0.15, -0.1) is 46.4 Å². The molecule has 0 bridgehead atoms. The van der Waals surface area contributed by atoms with Crippen molar-refractivity contribution < 1.29 is 40.6 Å². The van der Waals surface area contributed by atoms with Crippen LogP contribution in [-0.4, -0.2) is 0 Å². The van der Waals surface area contributed by atoms with E-state index in [4.69, 9.17) is 0 Å². The fourth-order valence-corrected chi connectivity index (χ4v) is 9.33. The van der Waals surface area contributed by atoms with Crippen LogP contribution in [0.2, 0.25) is 0 Å². The molecule has 0 fully saturated rings. The minimum absolute atomic E-state index is 0. The fraction of sp³-hybridized carbons (Fsp3) is 0.571. The molecule has 0 saturated heterocycles. The number of aryl methyl sites for hydroxylation is 2. The van der Waals surface area contributed by atoms with E-state index < -0.39 is 11.4 Å².